The second-order valence-corrected chi connectivity index (χ2v) is 11.5. The van der Waals surface area contributed by atoms with E-state index >= 15 is 0 Å². The number of hydrogen-bond donors (Lipinski definition) is 2. The van der Waals surface area contributed by atoms with Crippen molar-refractivity contribution < 1.29 is 22.3 Å². The van der Waals surface area contributed by atoms with Gasteiger partial charge in [0, 0.05) is 28.6 Å². The molecule has 198 valence electrons. The Balaban J connectivity index is 1.85. The Morgan fingerprint density at radius 3 is 2.38 bits per heavy atom. The van der Waals surface area contributed by atoms with Crippen molar-refractivity contribution in [1.29, 1.82) is 0 Å². The van der Waals surface area contributed by atoms with Gasteiger partial charge in [0.15, 0.2) is 5.75 Å². The van der Waals surface area contributed by atoms with Crippen LogP contribution in [0.5, 0.6) is 11.5 Å². The molecule has 0 fully saturated rings. The van der Waals surface area contributed by atoms with Crippen LogP contribution in [0.3, 0.4) is 0 Å². The standard InChI is InChI=1S/C26H28BrClFN3O4S/c1-4-32(5-2)37(34,35)22-12-13-25(36-21-10-8-20(28)9-11-21)24(16-22)31-26(33)30-17(3)14-18-6-7-19(27)15-23(18)29/h6-13,15-17H,4-5,14H2,1-3H3,(H2,30,31,33). The van der Waals surface area contributed by atoms with Gasteiger partial charge in [-0.1, -0.05) is 47.4 Å². The van der Waals surface area contributed by atoms with Gasteiger partial charge in [-0.05, 0) is 73.5 Å². The zero-order chi connectivity index (χ0) is 27.2. The number of carbonyl (C=O) groups excluding carboxylic acids is 1. The highest BCUT2D eigenvalue weighted by Crippen LogP contribution is 2.33. The Morgan fingerprint density at radius 2 is 1.76 bits per heavy atom. The first kappa shape index (κ1) is 28.9. The predicted octanol–water partition coefficient (Wildman–Crippen LogP) is 6.82. The first-order valence-electron chi connectivity index (χ1n) is 11.6. The molecule has 0 saturated carbocycles. The van der Waals surface area contributed by atoms with Gasteiger partial charge in [0.25, 0.3) is 0 Å². The summed E-state index contributed by atoms with van der Waals surface area (Å²) in [5.41, 5.74) is 0.609. The van der Waals surface area contributed by atoms with E-state index in [1.807, 2.05) is 0 Å². The summed E-state index contributed by atoms with van der Waals surface area (Å²) in [5, 5.41) is 5.97. The van der Waals surface area contributed by atoms with Gasteiger partial charge in [0.05, 0.1) is 10.6 Å². The minimum Gasteiger partial charge on any atom is -0.455 e. The first-order valence-corrected chi connectivity index (χ1v) is 14.2. The van der Waals surface area contributed by atoms with Gasteiger partial charge in [-0.25, -0.2) is 17.6 Å². The van der Waals surface area contributed by atoms with E-state index in [1.54, 1.807) is 57.2 Å². The number of amides is 2. The summed E-state index contributed by atoms with van der Waals surface area (Å²) < 4.78 is 48.2. The fraction of sp³-hybridized carbons (Fsp3) is 0.269. The lowest BCUT2D eigenvalue weighted by molar-refractivity contribution is 0.249. The van der Waals surface area contributed by atoms with Crippen LogP contribution in [-0.2, 0) is 16.4 Å². The van der Waals surface area contributed by atoms with Crippen molar-refractivity contribution in [3.8, 4) is 11.5 Å². The van der Waals surface area contributed by atoms with Crippen LogP contribution in [0.25, 0.3) is 0 Å². The van der Waals surface area contributed by atoms with E-state index in [0.29, 0.717) is 33.9 Å². The Morgan fingerprint density at radius 1 is 1.08 bits per heavy atom. The monoisotopic (exact) mass is 611 g/mol. The fourth-order valence-electron chi connectivity index (χ4n) is 3.65. The first-order chi connectivity index (χ1) is 17.5. The summed E-state index contributed by atoms with van der Waals surface area (Å²) in [7, 11) is -3.78. The van der Waals surface area contributed by atoms with Crippen LogP contribution in [0.2, 0.25) is 5.02 Å². The molecular weight excluding hydrogens is 585 g/mol. The third-order valence-corrected chi connectivity index (χ3v) is 8.29. The molecule has 0 aliphatic carbocycles. The maximum absolute atomic E-state index is 14.2. The molecule has 0 aliphatic heterocycles. The average Bonchev–Trinajstić information content (AvgIpc) is 2.83. The normalized spacial score (nSPS) is 12.3. The van der Waals surface area contributed by atoms with E-state index < -0.39 is 22.1 Å². The highest BCUT2D eigenvalue weighted by Gasteiger charge is 2.24. The largest absolute Gasteiger partial charge is 0.455 e. The minimum atomic E-state index is -3.78. The highest BCUT2D eigenvalue weighted by atomic mass is 79.9. The summed E-state index contributed by atoms with van der Waals surface area (Å²) in [4.78, 5) is 12.9. The number of nitrogens with zero attached hydrogens (tertiary/aromatic N) is 1. The fourth-order valence-corrected chi connectivity index (χ4v) is 5.59. The molecule has 2 amide bonds. The summed E-state index contributed by atoms with van der Waals surface area (Å²) in [6, 6.07) is 14.6. The third kappa shape index (κ3) is 7.67. The zero-order valence-corrected chi connectivity index (χ0v) is 23.8. The second kappa shape index (κ2) is 12.7. The Bertz CT molecular complexity index is 1350. The lowest BCUT2D eigenvalue weighted by atomic mass is 10.1. The van der Waals surface area contributed by atoms with E-state index in [1.165, 1.54) is 28.6 Å². The maximum Gasteiger partial charge on any atom is 0.319 e. The molecule has 0 aliphatic rings. The van der Waals surface area contributed by atoms with Crippen molar-refractivity contribution in [2.45, 2.75) is 38.1 Å². The Labute approximate surface area is 230 Å². The number of rotatable bonds is 10. The Hall–Kier alpha value is -2.66. The molecule has 0 spiro atoms. The van der Waals surface area contributed by atoms with Crippen LogP contribution in [0, 0.1) is 5.82 Å². The number of sulfonamides is 1. The predicted molar refractivity (Wildman–Crippen MR) is 147 cm³/mol. The molecule has 1 unspecified atom stereocenters. The second-order valence-electron chi connectivity index (χ2n) is 8.24. The van der Waals surface area contributed by atoms with Gasteiger partial charge in [-0.2, -0.15) is 4.31 Å². The SMILES string of the molecule is CCN(CC)S(=O)(=O)c1ccc(Oc2ccc(Cl)cc2)c(NC(=O)NC(C)Cc2ccc(Br)cc2F)c1. The van der Waals surface area contributed by atoms with Crippen molar-refractivity contribution >= 4 is 49.3 Å². The number of urea groups is 1. The molecule has 0 saturated heterocycles. The minimum absolute atomic E-state index is 0.0138. The molecule has 0 radical (unpaired) electrons. The summed E-state index contributed by atoms with van der Waals surface area (Å²) in [6.07, 6.45) is 0.261. The van der Waals surface area contributed by atoms with Gasteiger partial charge in [0.1, 0.15) is 11.6 Å². The number of benzene rings is 3. The number of nitrogens with one attached hydrogen (secondary N) is 2. The summed E-state index contributed by atoms with van der Waals surface area (Å²) >= 11 is 9.18. The van der Waals surface area contributed by atoms with E-state index in [0.717, 1.165) is 0 Å². The number of halogens is 3. The van der Waals surface area contributed by atoms with Crippen molar-refractivity contribution in [1.82, 2.24) is 9.62 Å². The molecule has 3 aromatic rings. The van der Waals surface area contributed by atoms with Crippen LogP contribution in [0.4, 0.5) is 14.9 Å². The molecular formula is C26H28BrClFN3O4S. The lowest BCUT2D eigenvalue weighted by Gasteiger charge is -2.21. The van der Waals surface area contributed by atoms with Crippen LogP contribution < -0.4 is 15.4 Å². The maximum atomic E-state index is 14.2. The molecule has 0 heterocycles. The van der Waals surface area contributed by atoms with Crippen LogP contribution in [0.15, 0.2) is 70.0 Å². The quantitative estimate of drug-likeness (QED) is 0.263. The van der Waals surface area contributed by atoms with Gasteiger partial charge in [0.2, 0.25) is 10.0 Å². The Kier molecular flexibility index (Phi) is 9.94. The summed E-state index contributed by atoms with van der Waals surface area (Å²) in [6.45, 7) is 5.85. The number of anilines is 1. The zero-order valence-electron chi connectivity index (χ0n) is 20.6. The molecule has 0 aromatic heterocycles. The van der Waals surface area contributed by atoms with Gasteiger partial charge >= 0.3 is 6.03 Å². The highest BCUT2D eigenvalue weighted by molar-refractivity contribution is 9.10. The number of hydrogen-bond acceptors (Lipinski definition) is 4. The third-order valence-electron chi connectivity index (χ3n) is 5.50. The number of ether oxygens (including phenoxy) is 1. The molecule has 3 aromatic carbocycles. The van der Waals surface area contributed by atoms with Gasteiger partial charge < -0.3 is 15.4 Å². The van der Waals surface area contributed by atoms with Crippen LogP contribution in [-0.4, -0.2) is 37.9 Å². The van der Waals surface area contributed by atoms with E-state index in [-0.39, 0.29) is 28.6 Å². The molecule has 37 heavy (non-hydrogen) atoms. The van der Waals surface area contributed by atoms with Gasteiger partial charge in [-0.3, -0.25) is 0 Å². The molecule has 2 N–H and O–H groups in total. The van der Waals surface area contributed by atoms with Gasteiger partial charge in [-0.15, -0.1) is 0 Å². The van der Waals surface area contributed by atoms with E-state index in [4.69, 9.17) is 16.3 Å². The topological polar surface area (TPSA) is 87.7 Å². The molecule has 3 rings (SSSR count). The molecule has 0 bridgehead atoms. The average molecular weight is 613 g/mol. The van der Waals surface area contributed by atoms with Crippen molar-refractivity contribution in [3.63, 3.8) is 0 Å². The van der Waals surface area contributed by atoms with E-state index in [9.17, 15) is 17.6 Å². The molecule has 11 heteroatoms. The van der Waals surface area contributed by atoms with E-state index in [2.05, 4.69) is 26.6 Å². The summed E-state index contributed by atoms with van der Waals surface area (Å²) in [5.74, 6) is 0.310. The smallest absolute Gasteiger partial charge is 0.319 e. The van der Waals surface area contributed by atoms with Crippen molar-refractivity contribution in [2.24, 2.45) is 0 Å². The van der Waals surface area contributed by atoms with Crippen molar-refractivity contribution in [3.05, 3.63) is 81.5 Å². The molecule has 1 atom stereocenters. The molecule has 7 nitrogen and oxygen atoms in total. The van der Waals surface area contributed by atoms with Crippen molar-refractivity contribution in [2.75, 3.05) is 18.4 Å². The number of carbonyl (C=O) groups is 1. The lowest BCUT2D eigenvalue weighted by Crippen LogP contribution is -2.37. The van der Waals surface area contributed by atoms with Crippen LogP contribution >= 0.6 is 27.5 Å². The van der Waals surface area contributed by atoms with Crippen LogP contribution in [0.1, 0.15) is 26.3 Å².